The molecule has 0 bridgehead atoms. The van der Waals surface area contributed by atoms with E-state index >= 15 is 0 Å². The van der Waals surface area contributed by atoms with E-state index in [9.17, 15) is 8.78 Å². The summed E-state index contributed by atoms with van der Waals surface area (Å²) in [4.78, 5) is 0. The van der Waals surface area contributed by atoms with Crippen LogP contribution in [0.25, 0.3) is 0 Å². The van der Waals surface area contributed by atoms with Crippen LogP contribution in [0.3, 0.4) is 0 Å². The minimum absolute atomic E-state index is 0.0559. The molecule has 5 heteroatoms. The fourth-order valence-corrected chi connectivity index (χ4v) is 2.22. The average molecular weight is 333 g/mol. The van der Waals surface area contributed by atoms with Gasteiger partial charge in [-0.05, 0) is 42.0 Å². The highest BCUT2D eigenvalue weighted by atomic mass is 79.9. The molecule has 0 aliphatic heterocycles. The fraction of sp³-hybridized carbons (Fsp3) is 0.0769. The van der Waals surface area contributed by atoms with Crippen LogP contribution in [0.2, 0.25) is 5.02 Å². The molecule has 0 heterocycles. The van der Waals surface area contributed by atoms with Gasteiger partial charge in [0.05, 0.1) is 5.02 Å². The Balaban J connectivity index is 2.08. The SMILES string of the molecule is Fc1cc(Br)cc(CNc2ccc(F)c(Cl)c2)c1. The summed E-state index contributed by atoms with van der Waals surface area (Å²) in [5.41, 5.74) is 1.46. The Kier molecular flexibility index (Phi) is 4.19. The molecule has 2 rings (SSSR count). The predicted octanol–water partition coefficient (Wildman–Crippen LogP) is 4.99. The maximum Gasteiger partial charge on any atom is 0.141 e. The topological polar surface area (TPSA) is 12.0 Å². The van der Waals surface area contributed by atoms with Gasteiger partial charge in [-0.25, -0.2) is 8.78 Å². The zero-order valence-electron chi connectivity index (χ0n) is 9.18. The van der Waals surface area contributed by atoms with E-state index in [1.54, 1.807) is 12.1 Å². The van der Waals surface area contributed by atoms with Gasteiger partial charge >= 0.3 is 0 Å². The summed E-state index contributed by atoms with van der Waals surface area (Å²) >= 11 is 8.89. The normalized spacial score (nSPS) is 10.4. The van der Waals surface area contributed by atoms with E-state index in [-0.39, 0.29) is 10.8 Å². The number of anilines is 1. The Labute approximate surface area is 117 Å². The first kappa shape index (κ1) is 13.3. The van der Waals surface area contributed by atoms with E-state index in [0.29, 0.717) is 16.7 Å². The number of rotatable bonds is 3. The molecule has 2 aromatic carbocycles. The van der Waals surface area contributed by atoms with Crippen molar-refractivity contribution in [3.8, 4) is 0 Å². The summed E-state index contributed by atoms with van der Waals surface area (Å²) in [6, 6.07) is 8.98. The molecule has 0 aliphatic carbocycles. The van der Waals surface area contributed by atoms with Gasteiger partial charge in [-0.15, -0.1) is 0 Å². The quantitative estimate of drug-likeness (QED) is 0.834. The molecular weight excluding hydrogens is 324 g/mol. The Morgan fingerprint density at radius 1 is 1.11 bits per heavy atom. The molecule has 2 aromatic rings. The number of hydrogen-bond donors (Lipinski definition) is 1. The van der Waals surface area contributed by atoms with Crippen molar-refractivity contribution < 1.29 is 8.78 Å². The van der Waals surface area contributed by atoms with Crippen LogP contribution >= 0.6 is 27.5 Å². The summed E-state index contributed by atoms with van der Waals surface area (Å²) in [5.74, 6) is -0.769. The Hall–Kier alpha value is -1.13. The van der Waals surface area contributed by atoms with Gasteiger partial charge in [0.1, 0.15) is 11.6 Å². The lowest BCUT2D eigenvalue weighted by atomic mass is 10.2. The van der Waals surface area contributed by atoms with Crippen LogP contribution in [-0.4, -0.2) is 0 Å². The molecule has 0 saturated heterocycles. The van der Waals surface area contributed by atoms with Crippen LogP contribution in [0.1, 0.15) is 5.56 Å². The van der Waals surface area contributed by atoms with Gasteiger partial charge in [0, 0.05) is 16.7 Å². The van der Waals surface area contributed by atoms with Crippen molar-refractivity contribution in [3.63, 3.8) is 0 Å². The number of hydrogen-bond acceptors (Lipinski definition) is 1. The summed E-state index contributed by atoms with van der Waals surface area (Å²) in [6.07, 6.45) is 0. The Bertz CT molecular complexity index is 555. The molecular formula is C13H9BrClF2N. The molecule has 0 amide bonds. The minimum atomic E-state index is -0.462. The van der Waals surface area contributed by atoms with Crippen molar-refractivity contribution >= 4 is 33.2 Å². The van der Waals surface area contributed by atoms with E-state index in [2.05, 4.69) is 21.2 Å². The van der Waals surface area contributed by atoms with E-state index in [1.807, 2.05) is 0 Å². The first-order chi connectivity index (χ1) is 8.54. The zero-order valence-corrected chi connectivity index (χ0v) is 11.5. The van der Waals surface area contributed by atoms with Gasteiger partial charge in [-0.2, -0.15) is 0 Å². The molecule has 94 valence electrons. The zero-order chi connectivity index (χ0) is 13.1. The van der Waals surface area contributed by atoms with Gasteiger partial charge in [-0.1, -0.05) is 27.5 Å². The smallest absolute Gasteiger partial charge is 0.141 e. The van der Waals surface area contributed by atoms with Gasteiger partial charge in [0.15, 0.2) is 0 Å². The second kappa shape index (κ2) is 5.67. The maximum atomic E-state index is 13.1. The van der Waals surface area contributed by atoms with Crippen molar-refractivity contribution in [1.82, 2.24) is 0 Å². The maximum absolute atomic E-state index is 13.1. The van der Waals surface area contributed by atoms with Crippen LogP contribution in [0, 0.1) is 11.6 Å². The van der Waals surface area contributed by atoms with E-state index in [1.165, 1.54) is 24.3 Å². The number of halogens is 4. The molecule has 1 N–H and O–H groups in total. The van der Waals surface area contributed by atoms with Gasteiger partial charge in [-0.3, -0.25) is 0 Å². The third-order valence-corrected chi connectivity index (χ3v) is 3.09. The van der Waals surface area contributed by atoms with Crippen LogP contribution in [-0.2, 0) is 6.54 Å². The summed E-state index contributed by atoms with van der Waals surface area (Å²) in [5, 5.41) is 3.10. The van der Waals surface area contributed by atoms with Crippen LogP contribution in [0.15, 0.2) is 40.9 Å². The molecule has 0 radical (unpaired) electrons. The molecule has 0 aromatic heterocycles. The van der Waals surface area contributed by atoms with E-state index in [4.69, 9.17) is 11.6 Å². The molecule has 18 heavy (non-hydrogen) atoms. The molecule has 0 atom stereocenters. The Morgan fingerprint density at radius 2 is 1.89 bits per heavy atom. The van der Waals surface area contributed by atoms with Crippen LogP contribution in [0.4, 0.5) is 14.5 Å². The second-order valence-corrected chi connectivity index (χ2v) is 5.08. The predicted molar refractivity (Wildman–Crippen MR) is 72.8 cm³/mol. The van der Waals surface area contributed by atoms with E-state index < -0.39 is 5.82 Å². The largest absolute Gasteiger partial charge is 0.381 e. The highest BCUT2D eigenvalue weighted by molar-refractivity contribution is 9.10. The number of benzene rings is 2. The molecule has 0 saturated carbocycles. The monoisotopic (exact) mass is 331 g/mol. The van der Waals surface area contributed by atoms with Crippen LogP contribution in [0.5, 0.6) is 0 Å². The molecule has 0 fully saturated rings. The molecule has 0 aliphatic rings. The first-order valence-corrected chi connectivity index (χ1v) is 6.35. The lowest BCUT2D eigenvalue weighted by Crippen LogP contribution is -2.00. The summed E-state index contributed by atoms with van der Waals surface area (Å²) in [6.45, 7) is 0.429. The van der Waals surface area contributed by atoms with Gasteiger partial charge in [0.25, 0.3) is 0 Å². The average Bonchev–Trinajstić information content (AvgIpc) is 2.29. The van der Waals surface area contributed by atoms with Crippen molar-refractivity contribution in [3.05, 3.63) is 63.1 Å². The van der Waals surface area contributed by atoms with Gasteiger partial charge in [0.2, 0.25) is 0 Å². The highest BCUT2D eigenvalue weighted by Gasteiger charge is 2.02. The molecule has 0 spiro atoms. The van der Waals surface area contributed by atoms with Crippen molar-refractivity contribution in [2.75, 3.05) is 5.32 Å². The molecule has 0 unspecified atom stereocenters. The fourth-order valence-electron chi connectivity index (χ4n) is 1.52. The van der Waals surface area contributed by atoms with E-state index in [0.717, 1.165) is 5.56 Å². The first-order valence-electron chi connectivity index (χ1n) is 5.18. The summed E-state index contributed by atoms with van der Waals surface area (Å²) in [7, 11) is 0. The van der Waals surface area contributed by atoms with Crippen molar-refractivity contribution in [2.45, 2.75) is 6.54 Å². The lowest BCUT2D eigenvalue weighted by molar-refractivity contribution is 0.625. The summed E-state index contributed by atoms with van der Waals surface area (Å²) < 4.78 is 26.8. The number of nitrogens with one attached hydrogen (secondary N) is 1. The molecule has 1 nitrogen and oxygen atoms in total. The van der Waals surface area contributed by atoms with Gasteiger partial charge < -0.3 is 5.32 Å². The third-order valence-electron chi connectivity index (χ3n) is 2.34. The van der Waals surface area contributed by atoms with Crippen molar-refractivity contribution in [1.29, 1.82) is 0 Å². The highest BCUT2D eigenvalue weighted by Crippen LogP contribution is 2.21. The van der Waals surface area contributed by atoms with Crippen molar-refractivity contribution in [2.24, 2.45) is 0 Å². The second-order valence-electron chi connectivity index (χ2n) is 3.76. The van der Waals surface area contributed by atoms with Crippen LogP contribution < -0.4 is 5.32 Å². The standard InChI is InChI=1S/C13H9BrClF2N/c14-9-3-8(4-10(16)5-9)7-18-11-1-2-13(17)12(15)6-11/h1-6,18H,7H2. The third kappa shape index (κ3) is 3.43. The minimum Gasteiger partial charge on any atom is -0.381 e. The Morgan fingerprint density at radius 3 is 2.56 bits per heavy atom. The lowest BCUT2D eigenvalue weighted by Gasteiger charge is -2.08.